The second-order valence-electron chi connectivity index (χ2n) is 3.67. The van der Waals surface area contributed by atoms with Gasteiger partial charge in [0.25, 0.3) is 0 Å². The fourth-order valence-corrected chi connectivity index (χ4v) is 2.07. The van der Waals surface area contributed by atoms with Crippen molar-refractivity contribution >= 4 is 5.97 Å². The van der Waals surface area contributed by atoms with Gasteiger partial charge in [-0.05, 0) is 12.5 Å². The lowest BCUT2D eigenvalue weighted by molar-refractivity contribution is -0.0548. The topological polar surface area (TPSA) is 65.0 Å². The molecule has 17 heavy (non-hydrogen) atoms. The van der Waals surface area contributed by atoms with E-state index in [1.165, 1.54) is 14.2 Å². The number of rotatable bonds is 3. The zero-order valence-electron chi connectivity index (χ0n) is 9.94. The van der Waals surface area contributed by atoms with Crippen LogP contribution in [0, 0.1) is 0 Å². The third-order valence-electron chi connectivity index (χ3n) is 2.84. The zero-order chi connectivity index (χ0) is 12.6. The van der Waals surface area contributed by atoms with Crippen molar-refractivity contribution in [2.45, 2.75) is 19.6 Å². The van der Waals surface area contributed by atoms with Gasteiger partial charge in [0.1, 0.15) is 17.1 Å². The van der Waals surface area contributed by atoms with Crippen LogP contribution in [0.15, 0.2) is 6.07 Å². The Hall–Kier alpha value is -1.75. The van der Waals surface area contributed by atoms with Crippen LogP contribution in [0.2, 0.25) is 0 Å². The smallest absolute Gasteiger partial charge is 0.345 e. The number of hydrogen-bond acceptors (Lipinski definition) is 5. The number of carbonyl (C=O) groups excluding carboxylic acids is 1. The Morgan fingerprint density at radius 1 is 1.41 bits per heavy atom. The van der Waals surface area contributed by atoms with Crippen LogP contribution in [0.4, 0.5) is 0 Å². The minimum atomic E-state index is -1.24. The van der Waals surface area contributed by atoms with Crippen molar-refractivity contribution in [3.8, 4) is 11.5 Å². The first-order chi connectivity index (χ1) is 8.13. The molecule has 1 unspecified atom stereocenters. The largest absolute Gasteiger partial charge is 0.496 e. The maximum absolute atomic E-state index is 11.6. The number of hydrogen-bond donors (Lipinski definition) is 1. The summed E-state index contributed by atoms with van der Waals surface area (Å²) in [5, 5.41) is 9.60. The highest BCUT2D eigenvalue weighted by atomic mass is 16.6. The Labute approximate surface area is 98.9 Å². The molecule has 2 rings (SSSR count). The summed E-state index contributed by atoms with van der Waals surface area (Å²) in [6, 6.07) is 1.62. The van der Waals surface area contributed by atoms with Crippen LogP contribution in [-0.2, 0) is 11.2 Å². The first-order valence-electron chi connectivity index (χ1n) is 5.30. The van der Waals surface area contributed by atoms with Gasteiger partial charge < -0.3 is 19.3 Å². The average molecular weight is 238 g/mol. The van der Waals surface area contributed by atoms with Gasteiger partial charge in [-0.2, -0.15) is 0 Å². The maximum atomic E-state index is 11.6. The molecule has 1 aromatic rings. The van der Waals surface area contributed by atoms with Crippen molar-refractivity contribution in [3.63, 3.8) is 0 Å². The van der Waals surface area contributed by atoms with E-state index in [2.05, 4.69) is 0 Å². The number of fused-ring (bicyclic) bond motifs is 1. The van der Waals surface area contributed by atoms with E-state index < -0.39 is 12.3 Å². The second-order valence-corrected chi connectivity index (χ2v) is 3.67. The number of cyclic esters (lactones) is 1. The predicted octanol–water partition coefficient (Wildman–Crippen LogP) is 1.43. The van der Waals surface area contributed by atoms with Crippen LogP contribution < -0.4 is 9.47 Å². The first kappa shape index (κ1) is 11.7. The molecule has 1 atom stereocenters. The van der Waals surface area contributed by atoms with Gasteiger partial charge in [-0.25, -0.2) is 4.79 Å². The fraction of sp³-hybridized carbons (Fsp3) is 0.417. The molecule has 92 valence electrons. The normalized spacial score (nSPS) is 17.6. The molecule has 0 saturated carbocycles. The van der Waals surface area contributed by atoms with Crippen LogP contribution in [0.5, 0.6) is 11.5 Å². The lowest BCUT2D eigenvalue weighted by atomic mass is 10.0. The van der Waals surface area contributed by atoms with E-state index in [9.17, 15) is 9.90 Å². The molecule has 1 heterocycles. The van der Waals surface area contributed by atoms with Crippen molar-refractivity contribution in [3.05, 3.63) is 22.8 Å². The third kappa shape index (κ3) is 1.63. The Morgan fingerprint density at radius 3 is 2.65 bits per heavy atom. The molecule has 1 aliphatic rings. The van der Waals surface area contributed by atoms with E-state index in [-0.39, 0.29) is 5.56 Å². The van der Waals surface area contributed by atoms with E-state index in [1.54, 1.807) is 6.07 Å². The molecular weight excluding hydrogens is 224 g/mol. The molecule has 0 spiro atoms. The third-order valence-corrected chi connectivity index (χ3v) is 2.84. The number of methoxy groups -OCH3 is 2. The highest BCUT2D eigenvalue weighted by molar-refractivity contribution is 5.97. The van der Waals surface area contributed by atoms with E-state index in [0.29, 0.717) is 23.5 Å². The van der Waals surface area contributed by atoms with Crippen LogP contribution >= 0.6 is 0 Å². The van der Waals surface area contributed by atoms with Gasteiger partial charge in [-0.3, -0.25) is 0 Å². The molecule has 0 fully saturated rings. The maximum Gasteiger partial charge on any atom is 0.345 e. The van der Waals surface area contributed by atoms with E-state index in [0.717, 1.165) is 5.56 Å². The number of carbonyl (C=O) groups is 1. The molecule has 1 N–H and O–H groups in total. The lowest BCUT2D eigenvalue weighted by Gasteiger charge is -2.14. The highest BCUT2D eigenvalue weighted by Crippen LogP contribution is 2.42. The Bertz CT molecular complexity index is 466. The van der Waals surface area contributed by atoms with Crippen molar-refractivity contribution in [2.24, 2.45) is 0 Å². The Morgan fingerprint density at radius 2 is 2.12 bits per heavy atom. The van der Waals surface area contributed by atoms with Crippen molar-refractivity contribution in [1.29, 1.82) is 0 Å². The Balaban J connectivity index is 2.73. The van der Waals surface area contributed by atoms with Gasteiger partial charge >= 0.3 is 5.97 Å². The van der Waals surface area contributed by atoms with Gasteiger partial charge in [0, 0.05) is 11.1 Å². The molecule has 1 aromatic carbocycles. The summed E-state index contributed by atoms with van der Waals surface area (Å²) >= 11 is 0. The Kier molecular flexibility index (Phi) is 2.93. The summed E-state index contributed by atoms with van der Waals surface area (Å²) in [6.45, 7) is 1.93. The van der Waals surface area contributed by atoms with Crippen LogP contribution in [0.3, 0.4) is 0 Å². The standard InChI is InChI=1S/C12H14O5/c1-4-6-8(15-2)5-7-9(10(6)16-3)12(14)17-11(7)13/h5,11,13H,4H2,1-3H3. The van der Waals surface area contributed by atoms with E-state index in [1.807, 2.05) is 6.92 Å². The summed E-state index contributed by atoms with van der Waals surface area (Å²) in [5.74, 6) is 0.436. The number of ether oxygens (including phenoxy) is 3. The monoisotopic (exact) mass is 238 g/mol. The molecule has 1 aliphatic heterocycles. The van der Waals surface area contributed by atoms with Gasteiger partial charge in [0.2, 0.25) is 6.29 Å². The zero-order valence-corrected chi connectivity index (χ0v) is 9.94. The van der Waals surface area contributed by atoms with Crippen LogP contribution in [-0.4, -0.2) is 25.3 Å². The number of esters is 1. The number of aliphatic hydroxyl groups excluding tert-OH is 1. The highest BCUT2D eigenvalue weighted by Gasteiger charge is 2.35. The summed E-state index contributed by atoms with van der Waals surface area (Å²) < 4.78 is 15.2. The quantitative estimate of drug-likeness (QED) is 0.807. The van der Waals surface area contributed by atoms with Crippen molar-refractivity contribution in [2.75, 3.05) is 14.2 Å². The van der Waals surface area contributed by atoms with E-state index >= 15 is 0 Å². The molecular formula is C12H14O5. The van der Waals surface area contributed by atoms with Crippen LogP contribution in [0.25, 0.3) is 0 Å². The molecule has 0 bridgehead atoms. The molecule has 0 radical (unpaired) electrons. The molecule has 5 heteroatoms. The molecule has 0 amide bonds. The molecule has 5 nitrogen and oxygen atoms in total. The molecule has 0 saturated heterocycles. The van der Waals surface area contributed by atoms with Gasteiger partial charge in [0.15, 0.2) is 0 Å². The average Bonchev–Trinajstić information content (AvgIpc) is 2.62. The second kappa shape index (κ2) is 4.25. The van der Waals surface area contributed by atoms with Gasteiger partial charge in [0.05, 0.1) is 14.2 Å². The van der Waals surface area contributed by atoms with E-state index in [4.69, 9.17) is 14.2 Å². The van der Waals surface area contributed by atoms with Gasteiger partial charge in [-0.15, -0.1) is 0 Å². The summed E-state index contributed by atoms with van der Waals surface area (Å²) in [4.78, 5) is 11.6. The predicted molar refractivity (Wildman–Crippen MR) is 59.3 cm³/mol. The number of aliphatic hydroxyl groups is 1. The summed E-state index contributed by atoms with van der Waals surface area (Å²) in [7, 11) is 3.01. The minimum Gasteiger partial charge on any atom is -0.496 e. The summed E-state index contributed by atoms with van der Waals surface area (Å²) in [5.41, 5.74) is 1.47. The van der Waals surface area contributed by atoms with Crippen molar-refractivity contribution in [1.82, 2.24) is 0 Å². The van der Waals surface area contributed by atoms with Crippen molar-refractivity contribution < 1.29 is 24.1 Å². The lowest BCUT2D eigenvalue weighted by Crippen LogP contribution is -2.03. The molecule has 0 aromatic heterocycles. The first-order valence-corrected chi connectivity index (χ1v) is 5.30. The minimum absolute atomic E-state index is 0.289. The van der Waals surface area contributed by atoms with Crippen LogP contribution in [0.1, 0.15) is 34.7 Å². The SMILES string of the molecule is CCc1c(OC)cc2c(c1OC)C(=O)OC2O. The van der Waals surface area contributed by atoms with Gasteiger partial charge in [-0.1, -0.05) is 6.92 Å². The summed E-state index contributed by atoms with van der Waals surface area (Å²) in [6.07, 6.45) is -0.588. The molecule has 0 aliphatic carbocycles. The number of benzene rings is 1. The fourth-order valence-electron chi connectivity index (χ4n) is 2.07.